The van der Waals surface area contributed by atoms with Crippen molar-refractivity contribution in [3.8, 4) is 0 Å². The van der Waals surface area contributed by atoms with E-state index in [0.717, 1.165) is 39.0 Å². The summed E-state index contributed by atoms with van der Waals surface area (Å²) in [5.41, 5.74) is 5.05. The Hall–Kier alpha value is -2.86. The van der Waals surface area contributed by atoms with E-state index in [9.17, 15) is 4.79 Å². The lowest BCUT2D eigenvalue weighted by Gasteiger charge is -2.07. The second-order valence-corrected chi connectivity index (χ2v) is 7.10. The normalized spacial score (nSPS) is 12.6. The number of fused-ring (bicyclic) bond motifs is 1. The number of amides is 1. The molecule has 0 radical (unpaired) electrons. The topological polar surface area (TPSA) is 67.2 Å². The quantitative estimate of drug-likeness (QED) is 0.775. The van der Waals surface area contributed by atoms with Gasteiger partial charge in [-0.2, -0.15) is 0 Å². The van der Waals surface area contributed by atoms with Crippen LogP contribution in [0.3, 0.4) is 0 Å². The number of rotatable bonds is 3. The van der Waals surface area contributed by atoms with Crippen LogP contribution in [-0.2, 0) is 6.42 Å². The molecule has 0 aliphatic carbocycles. The first-order valence-electron chi connectivity index (χ1n) is 7.97. The van der Waals surface area contributed by atoms with Crippen molar-refractivity contribution in [2.75, 3.05) is 5.32 Å². The first-order chi connectivity index (χ1) is 12.1. The molecule has 6 heteroatoms. The lowest BCUT2D eigenvalue weighted by atomic mass is 10.0. The highest BCUT2D eigenvalue weighted by molar-refractivity contribution is 7.13. The molecular weight excluding hydrogens is 332 g/mol. The molecule has 3 aromatic rings. The van der Waals surface area contributed by atoms with Gasteiger partial charge in [-0.25, -0.2) is 4.98 Å². The molecule has 0 fully saturated rings. The van der Waals surface area contributed by atoms with E-state index >= 15 is 0 Å². The molecule has 4 rings (SSSR count). The minimum atomic E-state index is -0.174. The third kappa shape index (κ3) is 2.96. The second kappa shape index (κ2) is 6.22. The van der Waals surface area contributed by atoms with Crippen molar-refractivity contribution >= 4 is 34.3 Å². The van der Waals surface area contributed by atoms with Gasteiger partial charge in [0.1, 0.15) is 0 Å². The van der Waals surface area contributed by atoms with Crippen molar-refractivity contribution in [1.82, 2.24) is 9.97 Å². The smallest absolute Gasteiger partial charge is 0.257 e. The summed E-state index contributed by atoms with van der Waals surface area (Å²) in [7, 11) is 0. The lowest BCUT2D eigenvalue weighted by molar-refractivity contribution is 0.102. The number of hydrogen-bond acceptors (Lipinski definition) is 5. The van der Waals surface area contributed by atoms with Crippen molar-refractivity contribution in [1.29, 1.82) is 0 Å². The van der Waals surface area contributed by atoms with Crippen LogP contribution in [0.4, 0.5) is 11.4 Å². The number of aryl methyl sites for hydroxylation is 2. The maximum atomic E-state index is 12.7. The van der Waals surface area contributed by atoms with Gasteiger partial charge in [0.15, 0.2) is 0 Å². The van der Waals surface area contributed by atoms with Crippen molar-refractivity contribution in [3.05, 3.63) is 69.4 Å². The highest BCUT2D eigenvalue weighted by Crippen LogP contribution is 2.34. The molecule has 25 heavy (non-hydrogen) atoms. The van der Waals surface area contributed by atoms with E-state index in [2.05, 4.69) is 15.3 Å². The fourth-order valence-corrected chi connectivity index (χ4v) is 3.88. The number of para-hydroxylation sites is 1. The first-order valence-corrected chi connectivity index (χ1v) is 8.78. The van der Waals surface area contributed by atoms with E-state index in [-0.39, 0.29) is 5.91 Å². The van der Waals surface area contributed by atoms with Crippen molar-refractivity contribution < 1.29 is 4.79 Å². The van der Waals surface area contributed by atoms with Crippen LogP contribution in [0.15, 0.2) is 47.7 Å². The van der Waals surface area contributed by atoms with Gasteiger partial charge in [0.05, 0.1) is 44.4 Å². The monoisotopic (exact) mass is 348 g/mol. The number of pyridine rings is 1. The summed E-state index contributed by atoms with van der Waals surface area (Å²) >= 11 is 1.65. The zero-order chi connectivity index (χ0) is 17.4. The van der Waals surface area contributed by atoms with E-state index in [1.165, 1.54) is 0 Å². The zero-order valence-corrected chi connectivity index (χ0v) is 14.7. The Labute approximate surface area is 149 Å². The van der Waals surface area contributed by atoms with Gasteiger partial charge in [-0.15, -0.1) is 11.3 Å². The van der Waals surface area contributed by atoms with Crippen LogP contribution in [0.1, 0.15) is 31.5 Å². The third-order valence-corrected chi connectivity index (χ3v) is 5.18. The number of nitrogens with zero attached hydrogens (tertiary/aromatic N) is 3. The van der Waals surface area contributed by atoms with Gasteiger partial charge >= 0.3 is 0 Å². The predicted octanol–water partition coefficient (Wildman–Crippen LogP) is 4.08. The van der Waals surface area contributed by atoms with Crippen LogP contribution >= 0.6 is 11.3 Å². The summed E-state index contributed by atoms with van der Waals surface area (Å²) in [5.74, 6) is -0.174. The molecule has 1 aliphatic rings. The number of hydrogen-bond donors (Lipinski definition) is 1. The maximum absolute atomic E-state index is 12.7. The van der Waals surface area contributed by atoms with Crippen LogP contribution in [0.25, 0.3) is 0 Å². The van der Waals surface area contributed by atoms with Crippen molar-refractivity contribution in [2.24, 2.45) is 4.99 Å². The zero-order valence-electron chi connectivity index (χ0n) is 13.9. The fraction of sp³-hybridized carbons (Fsp3) is 0.158. The highest BCUT2D eigenvalue weighted by atomic mass is 32.1. The Bertz CT molecular complexity index is 992. The summed E-state index contributed by atoms with van der Waals surface area (Å²) in [6.45, 7) is 4.00. The molecule has 5 nitrogen and oxygen atoms in total. The molecule has 0 bridgehead atoms. The molecule has 2 aromatic heterocycles. The Balaban J connectivity index is 1.68. The minimum Gasteiger partial charge on any atom is -0.321 e. The van der Waals surface area contributed by atoms with E-state index in [1.54, 1.807) is 29.8 Å². The maximum Gasteiger partial charge on any atom is 0.257 e. The molecular formula is C19H16N4OS. The van der Waals surface area contributed by atoms with E-state index in [4.69, 9.17) is 4.99 Å². The Kier molecular flexibility index (Phi) is 3.89. The molecule has 0 spiro atoms. The minimum absolute atomic E-state index is 0.174. The molecule has 0 unspecified atom stereocenters. The number of aromatic nitrogens is 2. The van der Waals surface area contributed by atoms with Gasteiger partial charge in [0, 0.05) is 12.6 Å². The summed E-state index contributed by atoms with van der Waals surface area (Å²) in [4.78, 5) is 27.0. The first kappa shape index (κ1) is 15.7. The SMILES string of the molecule is Cc1nc(C)c(C2=Nc3c(cccc3C(=O)Nc3cccnc3)C2)s1. The van der Waals surface area contributed by atoms with Gasteiger partial charge in [0.2, 0.25) is 0 Å². The van der Waals surface area contributed by atoms with Gasteiger partial charge in [0.25, 0.3) is 5.91 Å². The van der Waals surface area contributed by atoms with Crippen molar-refractivity contribution in [3.63, 3.8) is 0 Å². The molecule has 1 aromatic carbocycles. The Morgan fingerprint density at radius 2 is 2.08 bits per heavy atom. The molecule has 0 saturated carbocycles. The summed E-state index contributed by atoms with van der Waals surface area (Å²) < 4.78 is 0. The molecule has 0 saturated heterocycles. The summed E-state index contributed by atoms with van der Waals surface area (Å²) in [6.07, 6.45) is 4.02. The molecule has 1 N–H and O–H groups in total. The van der Waals surface area contributed by atoms with Crippen LogP contribution in [0.5, 0.6) is 0 Å². The Morgan fingerprint density at radius 1 is 1.20 bits per heavy atom. The fourth-order valence-electron chi connectivity index (χ4n) is 2.97. The largest absolute Gasteiger partial charge is 0.321 e. The molecule has 0 atom stereocenters. The molecule has 1 amide bonds. The average molecular weight is 348 g/mol. The molecule has 124 valence electrons. The number of thiazole rings is 1. The lowest BCUT2D eigenvalue weighted by Crippen LogP contribution is -2.12. The summed E-state index contributed by atoms with van der Waals surface area (Å²) in [5, 5.41) is 3.91. The number of anilines is 1. The highest BCUT2D eigenvalue weighted by Gasteiger charge is 2.24. The molecule has 3 heterocycles. The number of carbonyl (C=O) groups is 1. The van der Waals surface area contributed by atoms with E-state index < -0.39 is 0 Å². The summed E-state index contributed by atoms with van der Waals surface area (Å²) in [6, 6.07) is 9.33. The molecule has 1 aliphatic heterocycles. The van der Waals surface area contributed by atoms with Gasteiger partial charge in [-0.3, -0.25) is 14.8 Å². The van der Waals surface area contributed by atoms with Crippen LogP contribution < -0.4 is 5.32 Å². The number of nitrogens with one attached hydrogen (secondary N) is 1. The van der Waals surface area contributed by atoms with Crippen LogP contribution in [0.2, 0.25) is 0 Å². The predicted molar refractivity (Wildman–Crippen MR) is 100 cm³/mol. The average Bonchev–Trinajstić information content (AvgIpc) is 3.17. The van der Waals surface area contributed by atoms with Crippen LogP contribution in [0, 0.1) is 13.8 Å². The second-order valence-electron chi connectivity index (χ2n) is 5.89. The van der Waals surface area contributed by atoms with Gasteiger partial charge in [-0.05, 0) is 37.6 Å². The van der Waals surface area contributed by atoms with Crippen molar-refractivity contribution in [2.45, 2.75) is 20.3 Å². The van der Waals surface area contributed by atoms with E-state index in [1.807, 2.05) is 38.1 Å². The van der Waals surface area contributed by atoms with Gasteiger partial charge < -0.3 is 5.32 Å². The van der Waals surface area contributed by atoms with E-state index in [0.29, 0.717) is 11.3 Å². The number of aliphatic imine (C=N–C) groups is 1. The number of benzene rings is 1. The number of carbonyl (C=O) groups excluding carboxylic acids is 1. The van der Waals surface area contributed by atoms with Gasteiger partial charge in [-0.1, -0.05) is 12.1 Å². The third-order valence-electron chi connectivity index (χ3n) is 4.05. The van der Waals surface area contributed by atoms with Crippen LogP contribution in [-0.4, -0.2) is 21.6 Å². The standard InChI is InChI=1S/C19H16N4OS/c1-11-18(25-12(2)21-11)16-9-13-5-3-7-15(17(13)23-16)19(24)22-14-6-4-8-20-10-14/h3-8,10H,9H2,1-2H3,(H,22,24). The Morgan fingerprint density at radius 3 is 2.80 bits per heavy atom.